The van der Waals surface area contributed by atoms with Crippen LogP contribution in [0, 0.1) is 0 Å². The maximum Gasteiger partial charge on any atom is 0.242 e. The minimum atomic E-state index is -3.60. The number of halogens is 2. The molecule has 0 saturated carbocycles. The second kappa shape index (κ2) is 10.3. The van der Waals surface area contributed by atoms with Gasteiger partial charge in [0, 0.05) is 31.1 Å². The third kappa shape index (κ3) is 5.74. The van der Waals surface area contributed by atoms with Crippen LogP contribution in [0.2, 0.25) is 5.02 Å². The number of aliphatic hydroxyl groups excluding tert-OH is 1. The van der Waals surface area contributed by atoms with E-state index < -0.39 is 16.1 Å². The van der Waals surface area contributed by atoms with Crippen LogP contribution in [0.5, 0.6) is 0 Å². The van der Waals surface area contributed by atoms with E-state index >= 15 is 0 Å². The third-order valence-electron chi connectivity index (χ3n) is 4.96. The van der Waals surface area contributed by atoms with Crippen molar-refractivity contribution in [3.8, 4) is 0 Å². The first-order valence-electron chi connectivity index (χ1n) is 10.2. The molecule has 0 aliphatic rings. The van der Waals surface area contributed by atoms with Crippen molar-refractivity contribution < 1.29 is 17.9 Å². The third-order valence-corrected chi connectivity index (χ3v) is 7.13. The summed E-state index contributed by atoms with van der Waals surface area (Å²) in [7, 11) is -0.683. The number of aromatic nitrogens is 2. The predicted octanol–water partition coefficient (Wildman–Crippen LogP) is 4.82. The summed E-state index contributed by atoms with van der Waals surface area (Å²) in [6.45, 7) is 7.38. The summed E-state index contributed by atoms with van der Waals surface area (Å²) in [6, 6.07) is 4.61. The molecular formula is C22H31ClFN3O3S. The molecule has 1 aromatic carbocycles. The molecule has 0 aliphatic heterocycles. The van der Waals surface area contributed by atoms with E-state index in [1.54, 1.807) is 13.0 Å². The number of sulfonamides is 1. The van der Waals surface area contributed by atoms with Gasteiger partial charge in [-0.15, -0.1) is 0 Å². The van der Waals surface area contributed by atoms with Crippen LogP contribution in [0.15, 0.2) is 35.0 Å². The number of aliphatic hydroxyl groups is 1. The van der Waals surface area contributed by atoms with E-state index in [4.69, 9.17) is 11.6 Å². The van der Waals surface area contributed by atoms with Gasteiger partial charge in [0.2, 0.25) is 10.0 Å². The maximum atomic E-state index is 14.2. The van der Waals surface area contributed by atoms with Crippen molar-refractivity contribution in [3.63, 3.8) is 0 Å². The molecule has 1 unspecified atom stereocenters. The number of nitrogens with zero attached hydrogens (tertiary/aromatic N) is 3. The molecule has 0 saturated heterocycles. The van der Waals surface area contributed by atoms with Crippen molar-refractivity contribution in [3.05, 3.63) is 57.6 Å². The summed E-state index contributed by atoms with van der Waals surface area (Å²) in [5.41, 5.74) is 2.76. The summed E-state index contributed by atoms with van der Waals surface area (Å²) < 4.78 is 41.6. The fraction of sp³-hybridized carbons (Fsp3) is 0.500. The Hall–Kier alpha value is -1.74. The van der Waals surface area contributed by atoms with Crippen molar-refractivity contribution in [2.24, 2.45) is 0 Å². The summed E-state index contributed by atoms with van der Waals surface area (Å²) in [5.74, 6) is -0.274. The Morgan fingerprint density at radius 3 is 2.45 bits per heavy atom. The van der Waals surface area contributed by atoms with Gasteiger partial charge in [0.25, 0.3) is 0 Å². The lowest BCUT2D eigenvalue weighted by molar-refractivity contribution is 0.186. The minimum Gasteiger partial charge on any atom is -0.387 e. The van der Waals surface area contributed by atoms with Crippen molar-refractivity contribution in [2.45, 2.75) is 64.0 Å². The lowest BCUT2D eigenvalue weighted by atomic mass is 9.96. The molecule has 31 heavy (non-hydrogen) atoms. The van der Waals surface area contributed by atoms with Gasteiger partial charge in [0.05, 0.1) is 28.9 Å². The molecule has 1 N–H and O–H groups in total. The average Bonchev–Trinajstić information content (AvgIpc) is 3.01. The van der Waals surface area contributed by atoms with Gasteiger partial charge >= 0.3 is 0 Å². The lowest BCUT2D eigenvalue weighted by Crippen LogP contribution is -2.22. The van der Waals surface area contributed by atoms with Crippen LogP contribution in [0.4, 0.5) is 4.39 Å². The van der Waals surface area contributed by atoms with Crippen molar-refractivity contribution in [1.29, 1.82) is 0 Å². The molecule has 0 aliphatic carbocycles. The van der Waals surface area contributed by atoms with Crippen LogP contribution in [0.3, 0.4) is 0 Å². The number of hydrogen-bond acceptors (Lipinski definition) is 4. The smallest absolute Gasteiger partial charge is 0.242 e. The van der Waals surface area contributed by atoms with Gasteiger partial charge in [0.1, 0.15) is 5.83 Å². The molecule has 6 nitrogen and oxygen atoms in total. The van der Waals surface area contributed by atoms with E-state index in [0.29, 0.717) is 29.1 Å². The minimum absolute atomic E-state index is 0.0409. The average molecular weight is 472 g/mol. The van der Waals surface area contributed by atoms with Crippen LogP contribution in [0.25, 0.3) is 0 Å². The number of benzene rings is 1. The van der Waals surface area contributed by atoms with Gasteiger partial charge in [-0.3, -0.25) is 4.68 Å². The summed E-state index contributed by atoms with van der Waals surface area (Å²) in [4.78, 5) is 0.105. The van der Waals surface area contributed by atoms with Gasteiger partial charge in [-0.1, -0.05) is 44.5 Å². The van der Waals surface area contributed by atoms with Gasteiger partial charge in [-0.25, -0.2) is 17.1 Å². The normalized spacial score (nSPS) is 14.0. The molecule has 1 aromatic heterocycles. The first-order chi connectivity index (χ1) is 14.4. The van der Waals surface area contributed by atoms with Crippen LogP contribution in [0.1, 0.15) is 68.7 Å². The van der Waals surface area contributed by atoms with E-state index in [0.717, 1.165) is 15.6 Å². The molecule has 172 valence electrons. The monoisotopic (exact) mass is 471 g/mol. The lowest BCUT2D eigenvalue weighted by Gasteiger charge is -2.15. The second-order valence-electron chi connectivity index (χ2n) is 8.01. The van der Waals surface area contributed by atoms with Gasteiger partial charge < -0.3 is 5.11 Å². The highest BCUT2D eigenvalue weighted by atomic mass is 35.5. The Labute approximate surface area is 189 Å². The van der Waals surface area contributed by atoms with E-state index in [1.165, 1.54) is 37.0 Å². The molecule has 2 aromatic rings. The van der Waals surface area contributed by atoms with Crippen LogP contribution < -0.4 is 0 Å². The van der Waals surface area contributed by atoms with Crippen molar-refractivity contribution >= 4 is 21.6 Å². The first-order valence-corrected chi connectivity index (χ1v) is 12.0. The van der Waals surface area contributed by atoms with E-state index in [-0.39, 0.29) is 23.2 Å². The number of hydrogen-bond donors (Lipinski definition) is 1. The highest BCUT2D eigenvalue weighted by Gasteiger charge is 2.25. The molecule has 0 amide bonds. The molecule has 1 atom stereocenters. The number of rotatable bonds is 9. The van der Waals surface area contributed by atoms with Crippen molar-refractivity contribution in [1.82, 2.24) is 14.1 Å². The van der Waals surface area contributed by atoms with Gasteiger partial charge in [-0.2, -0.15) is 5.10 Å². The molecule has 0 spiro atoms. The Bertz CT molecular complexity index is 1060. The summed E-state index contributed by atoms with van der Waals surface area (Å²) >= 11 is 6.44. The second-order valence-corrected chi connectivity index (χ2v) is 10.6. The fourth-order valence-corrected chi connectivity index (χ4v) is 4.67. The van der Waals surface area contributed by atoms with Crippen LogP contribution in [-0.2, 0) is 23.0 Å². The van der Waals surface area contributed by atoms with Crippen LogP contribution >= 0.6 is 11.6 Å². The quantitative estimate of drug-likeness (QED) is 0.569. The Balaban J connectivity index is 2.55. The Morgan fingerprint density at radius 2 is 1.97 bits per heavy atom. The molecule has 9 heteroatoms. The van der Waals surface area contributed by atoms with Gasteiger partial charge in [-0.05, 0) is 37.0 Å². The summed E-state index contributed by atoms with van der Waals surface area (Å²) in [5, 5.41) is 15.4. The zero-order chi connectivity index (χ0) is 23.5. The Morgan fingerprint density at radius 1 is 1.32 bits per heavy atom. The van der Waals surface area contributed by atoms with Gasteiger partial charge in [0.15, 0.2) is 0 Å². The predicted molar refractivity (Wildman–Crippen MR) is 122 cm³/mol. The molecule has 0 bridgehead atoms. The largest absolute Gasteiger partial charge is 0.387 e. The highest BCUT2D eigenvalue weighted by Crippen LogP contribution is 2.32. The molecular weight excluding hydrogens is 441 g/mol. The summed E-state index contributed by atoms with van der Waals surface area (Å²) in [6.07, 6.45) is 1.53. The molecule has 2 rings (SSSR count). The standard InChI is InChI=1S/C22H31ClFN3O3S/c1-7-8-17(24)13-27-22(15(4)28)19(21(25-27)14(2)3)11-16-9-10-18(12-20(16)23)31(29,30)26(5)6/h8-10,12,14-15,28H,7,11,13H2,1-6H3/b17-8-. The number of allylic oxidation sites excluding steroid dienone is 2. The zero-order valence-corrected chi connectivity index (χ0v) is 20.4. The topological polar surface area (TPSA) is 75.4 Å². The van der Waals surface area contributed by atoms with E-state index in [9.17, 15) is 17.9 Å². The molecule has 0 radical (unpaired) electrons. The fourth-order valence-electron chi connectivity index (χ4n) is 3.43. The Kier molecular flexibility index (Phi) is 8.44. The molecule has 1 heterocycles. The molecule has 0 fully saturated rings. The van der Waals surface area contributed by atoms with E-state index in [1.807, 2.05) is 20.8 Å². The van der Waals surface area contributed by atoms with Crippen molar-refractivity contribution in [2.75, 3.05) is 14.1 Å². The highest BCUT2D eigenvalue weighted by molar-refractivity contribution is 7.89. The maximum absolute atomic E-state index is 14.2. The van der Waals surface area contributed by atoms with E-state index in [2.05, 4.69) is 5.10 Å². The zero-order valence-electron chi connectivity index (χ0n) is 18.9. The van der Waals surface area contributed by atoms with Crippen LogP contribution in [-0.4, -0.2) is 41.7 Å². The SMILES string of the molecule is CC/C=C(\F)Cn1nc(C(C)C)c(Cc2ccc(S(=O)(=O)N(C)C)cc2Cl)c1C(C)O. The first kappa shape index (κ1) is 25.5.